The van der Waals surface area contributed by atoms with Gasteiger partial charge in [-0.25, -0.2) is 4.79 Å². The molecule has 8 heteroatoms. The molecule has 4 rings (SSSR count). The standard InChI is InChI=1S/C22H24ClN5O2/c1-15(21(29)26-18-5-6-20-16(13-18)7-8-24-20)25-22(30)28-11-9-27(10-12-28)19-4-2-3-17(23)14-19/h2-8,13-15,24H,9-12H2,1H3,(H,25,30)(H,26,29). The number of rotatable bonds is 4. The van der Waals surface area contributed by atoms with Gasteiger partial charge in [-0.3, -0.25) is 4.79 Å². The first-order valence-electron chi connectivity index (χ1n) is 9.93. The van der Waals surface area contributed by atoms with Crippen molar-refractivity contribution in [1.82, 2.24) is 15.2 Å². The maximum Gasteiger partial charge on any atom is 0.318 e. The first-order chi connectivity index (χ1) is 14.5. The molecular weight excluding hydrogens is 402 g/mol. The van der Waals surface area contributed by atoms with Crippen LogP contribution in [0.2, 0.25) is 5.02 Å². The summed E-state index contributed by atoms with van der Waals surface area (Å²) < 4.78 is 0. The third kappa shape index (κ3) is 4.52. The summed E-state index contributed by atoms with van der Waals surface area (Å²) in [6.07, 6.45) is 1.85. The Morgan fingerprint density at radius 1 is 1.07 bits per heavy atom. The Balaban J connectivity index is 1.28. The molecule has 1 atom stereocenters. The number of aromatic nitrogens is 1. The van der Waals surface area contributed by atoms with E-state index in [4.69, 9.17) is 11.6 Å². The molecule has 0 saturated carbocycles. The van der Waals surface area contributed by atoms with Crippen LogP contribution in [0.4, 0.5) is 16.2 Å². The number of urea groups is 1. The number of H-pyrrole nitrogens is 1. The van der Waals surface area contributed by atoms with Gasteiger partial charge in [-0.2, -0.15) is 0 Å². The van der Waals surface area contributed by atoms with Crippen LogP contribution >= 0.6 is 11.6 Å². The third-order valence-electron chi connectivity index (χ3n) is 5.29. The molecule has 0 aliphatic carbocycles. The van der Waals surface area contributed by atoms with E-state index in [0.717, 1.165) is 16.6 Å². The van der Waals surface area contributed by atoms with Crippen molar-refractivity contribution in [1.29, 1.82) is 0 Å². The van der Waals surface area contributed by atoms with Crippen LogP contribution in [0.1, 0.15) is 6.92 Å². The minimum absolute atomic E-state index is 0.232. The van der Waals surface area contributed by atoms with E-state index in [1.807, 2.05) is 54.7 Å². The topological polar surface area (TPSA) is 80.5 Å². The fourth-order valence-corrected chi connectivity index (χ4v) is 3.75. The van der Waals surface area contributed by atoms with Gasteiger partial charge in [-0.1, -0.05) is 17.7 Å². The Bertz CT molecular complexity index is 1060. The molecule has 0 bridgehead atoms. The van der Waals surface area contributed by atoms with Crippen molar-refractivity contribution < 1.29 is 9.59 Å². The largest absolute Gasteiger partial charge is 0.368 e. The Hall–Kier alpha value is -3.19. The highest BCUT2D eigenvalue weighted by Crippen LogP contribution is 2.21. The summed E-state index contributed by atoms with van der Waals surface area (Å²) in [5.41, 5.74) is 2.75. The summed E-state index contributed by atoms with van der Waals surface area (Å²) in [7, 11) is 0. The summed E-state index contributed by atoms with van der Waals surface area (Å²) in [6.45, 7) is 4.27. The maximum atomic E-state index is 12.6. The Morgan fingerprint density at radius 2 is 1.87 bits per heavy atom. The molecule has 1 aliphatic heterocycles. The summed E-state index contributed by atoms with van der Waals surface area (Å²) in [4.78, 5) is 32.1. The molecule has 7 nitrogen and oxygen atoms in total. The van der Waals surface area contributed by atoms with Gasteiger partial charge in [0.15, 0.2) is 0 Å². The van der Waals surface area contributed by atoms with Gasteiger partial charge in [-0.05, 0) is 49.4 Å². The van der Waals surface area contributed by atoms with Crippen molar-refractivity contribution in [3.05, 3.63) is 59.8 Å². The molecule has 0 spiro atoms. The number of benzene rings is 2. The molecule has 156 valence electrons. The lowest BCUT2D eigenvalue weighted by Crippen LogP contribution is -2.54. The van der Waals surface area contributed by atoms with Crippen molar-refractivity contribution in [2.45, 2.75) is 13.0 Å². The zero-order chi connectivity index (χ0) is 21.1. The number of aromatic amines is 1. The molecule has 1 fully saturated rings. The molecule has 3 N–H and O–H groups in total. The summed E-state index contributed by atoms with van der Waals surface area (Å²) in [6, 6.07) is 14.4. The first-order valence-corrected chi connectivity index (χ1v) is 10.3. The number of piperazine rings is 1. The van der Waals surface area contributed by atoms with Crippen molar-refractivity contribution in [3.8, 4) is 0 Å². The third-order valence-corrected chi connectivity index (χ3v) is 5.53. The van der Waals surface area contributed by atoms with E-state index in [2.05, 4.69) is 20.5 Å². The van der Waals surface area contributed by atoms with E-state index in [0.29, 0.717) is 36.9 Å². The van der Waals surface area contributed by atoms with Crippen LogP contribution in [0.25, 0.3) is 10.9 Å². The fraction of sp³-hybridized carbons (Fsp3) is 0.273. The van der Waals surface area contributed by atoms with Gasteiger partial charge in [0.1, 0.15) is 6.04 Å². The van der Waals surface area contributed by atoms with E-state index in [1.54, 1.807) is 11.8 Å². The van der Waals surface area contributed by atoms with Gasteiger partial charge in [-0.15, -0.1) is 0 Å². The predicted octanol–water partition coefficient (Wildman–Crippen LogP) is 3.68. The van der Waals surface area contributed by atoms with E-state index in [9.17, 15) is 9.59 Å². The Morgan fingerprint density at radius 3 is 2.63 bits per heavy atom. The van der Waals surface area contributed by atoms with Gasteiger partial charge >= 0.3 is 6.03 Å². The number of fused-ring (bicyclic) bond motifs is 1. The van der Waals surface area contributed by atoms with Gasteiger partial charge < -0.3 is 25.4 Å². The monoisotopic (exact) mass is 425 g/mol. The van der Waals surface area contributed by atoms with E-state index < -0.39 is 6.04 Å². The SMILES string of the molecule is CC(NC(=O)N1CCN(c2cccc(Cl)c2)CC1)C(=O)Nc1ccc2[nH]ccc2c1. The van der Waals surface area contributed by atoms with Crippen LogP contribution in [0.15, 0.2) is 54.7 Å². The zero-order valence-corrected chi connectivity index (χ0v) is 17.4. The number of halogens is 1. The normalized spacial score (nSPS) is 15.1. The Kier molecular flexibility index (Phi) is 5.81. The Labute approximate surface area is 180 Å². The van der Waals surface area contributed by atoms with E-state index in [-0.39, 0.29) is 11.9 Å². The maximum absolute atomic E-state index is 12.6. The van der Waals surface area contributed by atoms with Crippen molar-refractivity contribution in [3.63, 3.8) is 0 Å². The summed E-state index contributed by atoms with van der Waals surface area (Å²) in [5, 5.41) is 7.37. The lowest BCUT2D eigenvalue weighted by Gasteiger charge is -2.36. The highest BCUT2D eigenvalue weighted by atomic mass is 35.5. The molecule has 30 heavy (non-hydrogen) atoms. The fourth-order valence-electron chi connectivity index (χ4n) is 3.56. The highest BCUT2D eigenvalue weighted by Gasteiger charge is 2.24. The van der Waals surface area contributed by atoms with Crippen LogP contribution < -0.4 is 15.5 Å². The second-order valence-electron chi connectivity index (χ2n) is 7.39. The molecule has 1 aromatic heterocycles. The molecule has 0 radical (unpaired) electrons. The number of hydrogen-bond acceptors (Lipinski definition) is 3. The van der Waals surface area contributed by atoms with E-state index in [1.165, 1.54) is 0 Å². The molecule has 1 unspecified atom stereocenters. The minimum Gasteiger partial charge on any atom is -0.368 e. The molecule has 3 aromatic rings. The minimum atomic E-state index is -0.648. The summed E-state index contributed by atoms with van der Waals surface area (Å²) in [5.74, 6) is -0.254. The smallest absolute Gasteiger partial charge is 0.318 e. The molecule has 1 aliphatic rings. The molecular formula is C22H24ClN5O2. The number of carbonyl (C=O) groups is 2. The number of hydrogen-bond donors (Lipinski definition) is 3. The van der Waals surface area contributed by atoms with Gasteiger partial charge in [0, 0.05) is 59.7 Å². The first kappa shape index (κ1) is 20.1. The summed E-state index contributed by atoms with van der Waals surface area (Å²) >= 11 is 6.07. The van der Waals surface area contributed by atoms with Crippen LogP contribution in [0, 0.1) is 0 Å². The van der Waals surface area contributed by atoms with Gasteiger partial charge in [0.2, 0.25) is 5.91 Å². The van der Waals surface area contributed by atoms with Crippen LogP contribution in [0.3, 0.4) is 0 Å². The second kappa shape index (κ2) is 8.67. The number of nitrogens with zero attached hydrogens (tertiary/aromatic N) is 2. The second-order valence-corrected chi connectivity index (χ2v) is 7.83. The number of nitrogens with one attached hydrogen (secondary N) is 3. The average molecular weight is 426 g/mol. The predicted molar refractivity (Wildman–Crippen MR) is 120 cm³/mol. The van der Waals surface area contributed by atoms with Crippen molar-refractivity contribution in [2.24, 2.45) is 0 Å². The van der Waals surface area contributed by atoms with Gasteiger partial charge in [0.25, 0.3) is 0 Å². The molecule has 2 heterocycles. The average Bonchev–Trinajstić information content (AvgIpc) is 3.21. The highest BCUT2D eigenvalue weighted by molar-refractivity contribution is 6.30. The quantitative estimate of drug-likeness (QED) is 0.596. The van der Waals surface area contributed by atoms with Gasteiger partial charge in [0.05, 0.1) is 0 Å². The number of carbonyl (C=O) groups excluding carboxylic acids is 2. The number of anilines is 2. The van der Waals surface area contributed by atoms with Crippen LogP contribution in [0.5, 0.6) is 0 Å². The molecule has 1 saturated heterocycles. The molecule has 3 amide bonds. The van der Waals surface area contributed by atoms with Crippen molar-refractivity contribution >= 4 is 45.8 Å². The van der Waals surface area contributed by atoms with Crippen LogP contribution in [-0.2, 0) is 4.79 Å². The zero-order valence-electron chi connectivity index (χ0n) is 16.7. The number of amides is 3. The van der Waals surface area contributed by atoms with Crippen molar-refractivity contribution in [2.75, 3.05) is 36.4 Å². The lowest BCUT2D eigenvalue weighted by atomic mass is 10.2. The molecule has 2 aromatic carbocycles. The lowest BCUT2D eigenvalue weighted by molar-refractivity contribution is -0.117. The van der Waals surface area contributed by atoms with E-state index >= 15 is 0 Å². The van der Waals surface area contributed by atoms with Crippen LogP contribution in [-0.4, -0.2) is 54.0 Å².